The predicted molar refractivity (Wildman–Crippen MR) is 109 cm³/mol. The Kier molecular flexibility index (Phi) is 5.37. The molecule has 150 valence electrons. The first kappa shape index (κ1) is 18.9. The summed E-state index contributed by atoms with van der Waals surface area (Å²) in [5.74, 6) is 1.64. The molecule has 1 N–H and O–H groups in total. The first-order valence-corrected chi connectivity index (χ1v) is 9.46. The molecule has 0 spiro atoms. The van der Waals surface area contributed by atoms with Crippen LogP contribution in [0, 0.1) is 0 Å². The van der Waals surface area contributed by atoms with Crippen molar-refractivity contribution in [2.24, 2.45) is 0 Å². The molecule has 1 aliphatic heterocycles. The first-order chi connectivity index (χ1) is 14.2. The number of carbonyl (C=O) groups is 1. The molecular weight excluding hydrogens is 372 g/mol. The lowest BCUT2D eigenvalue weighted by molar-refractivity contribution is 0.0527. The van der Waals surface area contributed by atoms with E-state index in [1.165, 1.54) is 6.20 Å². The number of ether oxygens (including phenoxy) is 4. The summed E-state index contributed by atoms with van der Waals surface area (Å²) < 4.78 is 22.4. The monoisotopic (exact) mass is 394 g/mol. The minimum Gasteiger partial charge on any atom is -0.494 e. The van der Waals surface area contributed by atoms with Gasteiger partial charge in [-0.05, 0) is 25.1 Å². The Morgan fingerprint density at radius 2 is 2.03 bits per heavy atom. The van der Waals surface area contributed by atoms with Crippen molar-refractivity contribution in [3.8, 4) is 17.2 Å². The summed E-state index contributed by atoms with van der Waals surface area (Å²) in [6.45, 7) is 2.90. The Morgan fingerprint density at radius 3 is 2.83 bits per heavy atom. The largest absolute Gasteiger partial charge is 0.494 e. The molecule has 7 heteroatoms. The van der Waals surface area contributed by atoms with Crippen LogP contribution in [-0.4, -0.2) is 43.9 Å². The molecule has 1 aliphatic rings. The summed E-state index contributed by atoms with van der Waals surface area (Å²) >= 11 is 0. The molecule has 0 unspecified atom stereocenters. The van der Waals surface area contributed by atoms with Gasteiger partial charge in [0.25, 0.3) is 0 Å². The number of hydrogen-bond acceptors (Lipinski definition) is 7. The highest BCUT2D eigenvalue weighted by molar-refractivity contribution is 6.06. The number of para-hydroxylation sites is 3. The van der Waals surface area contributed by atoms with E-state index in [2.05, 4.69) is 10.3 Å². The summed E-state index contributed by atoms with van der Waals surface area (Å²) in [5.41, 5.74) is 1.66. The van der Waals surface area contributed by atoms with Crippen molar-refractivity contribution in [1.82, 2.24) is 4.98 Å². The van der Waals surface area contributed by atoms with Crippen molar-refractivity contribution in [1.29, 1.82) is 0 Å². The molecule has 0 radical (unpaired) electrons. The van der Waals surface area contributed by atoms with E-state index in [4.69, 9.17) is 18.9 Å². The van der Waals surface area contributed by atoms with Crippen LogP contribution in [0.4, 0.5) is 5.69 Å². The van der Waals surface area contributed by atoms with Crippen LogP contribution in [0.15, 0.2) is 48.7 Å². The highest BCUT2D eigenvalue weighted by atomic mass is 16.6. The van der Waals surface area contributed by atoms with Crippen molar-refractivity contribution in [2.45, 2.75) is 13.0 Å². The summed E-state index contributed by atoms with van der Waals surface area (Å²) in [6.07, 6.45) is 1.30. The van der Waals surface area contributed by atoms with Gasteiger partial charge in [-0.25, -0.2) is 4.79 Å². The minimum absolute atomic E-state index is 0.214. The molecule has 0 saturated heterocycles. The number of pyridine rings is 1. The van der Waals surface area contributed by atoms with Gasteiger partial charge in [-0.3, -0.25) is 4.98 Å². The van der Waals surface area contributed by atoms with Crippen molar-refractivity contribution in [2.75, 3.05) is 32.2 Å². The lowest BCUT2D eigenvalue weighted by Crippen LogP contribution is -2.35. The van der Waals surface area contributed by atoms with Crippen molar-refractivity contribution < 1.29 is 23.7 Å². The van der Waals surface area contributed by atoms with Gasteiger partial charge in [-0.2, -0.15) is 0 Å². The molecule has 0 aliphatic carbocycles. The van der Waals surface area contributed by atoms with Gasteiger partial charge >= 0.3 is 5.97 Å². The number of methoxy groups -OCH3 is 1. The number of hydrogen-bond donors (Lipinski definition) is 1. The van der Waals surface area contributed by atoms with Crippen LogP contribution < -0.4 is 19.5 Å². The van der Waals surface area contributed by atoms with E-state index in [9.17, 15) is 4.79 Å². The fourth-order valence-electron chi connectivity index (χ4n) is 3.29. The Labute approximate surface area is 168 Å². The third-order valence-corrected chi connectivity index (χ3v) is 4.65. The predicted octanol–water partition coefficient (Wildman–Crippen LogP) is 3.67. The number of aromatic nitrogens is 1. The molecule has 4 rings (SSSR count). The van der Waals surface area contributed by atoms with Gasteiger partial charge < -0.3 is 24.3 Å². The number of fused-ring (bicyclic) bond motifs is 2. The zero-order valence-corrected chi connectivity index (χ0v) is 16.3. The molecule has 2 aromatic carbocycles. The fourth-order valence-corrected chi connectivity index (χ4v) is 3.29. The topological polar surface area (TPSA) is 78.9 Å². The fraction of sp³-hybridized carbons (Fsp3) is 0.273. The molecule has 0 bridgehead atoms. The number of esters is 1. The second-order valence-corrected chi connectivity index (χ2v) is 6.50. The smallest absolute Gasteiger partial charge is 0.341 e. The van der Waals surface area contributed by atoms with Crippen LogP contribution >= 0.6 is 0 Å². The summed E-state index contributed by atoms with van der Waals surface area (Å²) in [4.78, 5) is 16.9. The highest BCUT2D eigenvalue weighted by Crippen LogP contribution is 2.33. The van der Waals surface area contributed by atoms with Crippen LogP contribution in [0.2, 0.25) is 0 Å². The molecule has 0 fully saturated rings. The molecule has 3 aromatic rings. The lowest BCUT2D eigenvalue weighted by Gasteiger charge is -2.27. The van der Waals surface area contributed by atoms with Gasteiger partial charge in [0, 0.05) is 11.6 Å². The van der Waals surface area contributed by atoms with Gasteiger partial charge in [-0.1, -0.05) is 24.3 Å². The summed E-state index contributed by atoms with van der Waals surface area (Å²) in [5, 5.41) is 4.12. The van der Waals surface area contributed by atoms with Gasteiger partial charge in [0.1, 0.15) is 29.5 Å². The van der Waals surface area contributed by atoms with Crippen LogP contribution in [0.25, 0.3) is 10.9 Å². The molecule has 1 atom stereocenters. The van der Waals surface area contributed by atoms with E-state index in [1.807, 2.05) is 42.5 Å². The number of anilines is 1. The average molecular weight is 394 g/mol. The zero-order chi connectivity index (χ0) is 20.2. The van der Waals surface area contributed by atoms with Crippen molar-refractivity contribution >= 4 is 22.6 Å². The minimum atomic E-state index is -0.432. The quantitative estimate of drug-likeness (QED) is 0.639. The SMILES string of the molecule is CCOC(=O)c1cnc2c(OC)cccc2c1NC[C@@H]1COc2ccccc2O1. The van der Waals surface area contributed by atoms with Crippen LogP contribution in [0.1, 0.15) is 17.3 Å². The second-order valence-electron chi connectivity index (χ2n) is 6.50. The molecule has 1 aromatic heterocycles. The molecule has 2 heterocycles. The Bertz CT molecular complexity index is 1040. The highest BCUT2D eigenvalue weighted by Gasteiger charge is 2.23. The molecule has 29 heavy (non-hydrogen) atoms. The average Bonchev–Trinajstić information content (AvgIpc) is 2.76. The maximum Gasteiger partial charge on any atom is 0.341 e. The van der Waals surface area contributed by atoms with Gasteiger partial charge in [-0.15, -0.1) is 0 Å². The number of rotatable bonds is 6. The number of carbonyl (C=O) groups excluding carboxylic acids is 1. The zero-order valence-electron chi connectivity index (χ0n) is 16.3. The van der Waals surface area contributed by atoms with Crippen molar-refractivity contribution in [3.63, 3.8) is 0 Å². The summed E-state index contributed by atoms with van der Waals surface area (Å²) in [7, 11) is 1.59. The Balaban J connectivity index is 1.64. The molecular formula is C22H22N2O5. The first-order valence-electron chi connectivity index (χ1n) is 9.46. The standard InChI is InChI=1S/C22H22N2O5/c1-3-27-22(25)16-12-24-21-15(7-6-10-19(21)26-2)20(16)23-11-14-13-28-17-8-4-5-9-18(17)29-14/h4-10,12,14H,3,11,13H2,1-2H3,(H,23,24)/t14-/m1/s1. The van der Waals surface area contributed by atoms with Gasteiger partial charge in [0.15, 0.2) is 11.5 Å². The lowest BCUT2D eigenvalue weighted by atomic mass is 10.1. The van der Waals surface area contributed by atoms with Gasteiger partial charge in [0.05, 0.1) is 25.9 Å². The number of benzene rings is 2. The third kappa shape index (κ3) is 3.76. The normalized spacial score (nSPS) is 15.0. The van der Waals surface area contributed by atoms with E-state index in [0.29, 0.717) is 41.4 Å². The second kappa shape index (κ2) is 8.26. The summed E-state index contributed by atoms with van der Waals surface area (Å²) in [6, 6.07) is 13.1. The molecule has 0 saturated carbocycles. The van der Waals surface area contributed by atoms with E-state index >= 15 is 0 Å². The maximum absolute atomic E-state index is 12.5. The van der Waals surface area contributed by atoms with Crippen LogP contribution in [0.3, 0.4) is 0 Å². The molecule has 7 nitrogen and oxygen atoms in total. The van der Waals surface area contributed by atoms with Crippen LogP contribution in [-0.2, 0) is 4.74 Å². The van der Waals surface area contributed by atoms with E-state index in [1.54, 1.807) is 14.0 Å². The molecule has 0 amide bonds. The van der Waals surface area contributed by atoms with Crippen molar-refractivity contribution in [3.05, 3.63) is 54.2 Å². The Hall–Kier alpha value is -3.48. The third-order valence-electron chi connectivity index (χ3n) is 4.65. The Morgan fingerprint density at radius 1 is 1.21 bits per heavy atom. The number of nitrogens with zero attached hydrogens (tertiary/aromatic N) is 1. The van der Waals surface area contributed by atoms with E-state index < -0.39 is 5.97 Å². The maximum atomic E-state index is 12.5. The van der Waals surface area contributed by atoms with Crippen LogP contribution in [0.5, 0.6) is 17.2 Å². The van der Waals surface area contributed by atoms with Gasteiger partial charge in [0.2, 0.25) is 0 Å². The van der Waals surface area contributed by atoms with E-state index in [-0.39, 0.29) is 12.7 Å². The van der Waals surface area contributed by atoms with E-state index in [0.717, 1.165) is 11.1 Å². The number of nitrogens with one attached hydrogen (secondary N) is 1.